The van der Waals surface area contributed by atoms with Crippen molar-refractivity contribution < 1.29 is 27.5 Å². The molecule has 0 radical (unpaired) electrons. The van der Waals surface area contributed by atoms with Gasteiger partial charge in [0.2, 0.25) is 21.5 Å². The number of hydrogen-bond acceptors (Lipinski definition) is 7. The van der Waals surface area contributed by atoms with Crippen LogP contribution in [0.5, 0.6) is 11.5 Å². The van der Waals surface area contributed by atoms with Crippen LogP contribution in [-0.2, 0) is 14.8 Å². The summed E-state index contributed by atoms with van der Waals surface area (Å²) in [6.07, 6.45) is 1.97. The number of anilines is 1. The van der Waals surface area contributed by atoms with Crippen molar-refractivity contribution in [1.29, 1.82) is 0 Å². The summed E-state index contributed by atoms with van der Waals surface area (Å²) in [5, 5.41) is 11.4. The first-order chi connectivity index (χ1) is 12.9. The van der Waals surface area contributed by atoms with E-state index in [9.17, 15) is 18.3 Å². The zero-order valence-corrected chi connectivity index (χ0v) is 15.2. The van der Waals surface area contributed by atoms with Crippen LogP contribution in [0, 0.1) is 0 Å². The third-order valence-corrected chi connectivity index (χ3v) is 6.11. The molecule has 4 rings (SSSR count). The van der Waals surface area contributed by atoms with Gasteiger partial charge in [-0.25, -0.2) is 12.7 Å². The monoisotopic (exact) mass is 388 g/mol. The number of hydrogen-bond donors (Lipinski definition) is 1. The van der Waals surface area contributed by atoms with E-state index in [2.05, 4.69) is 4.98 Å². The molecule has 0 bridgehead atoms. The van der Waals surface area contributed by atoms with E-state index >= 15 is 0 Å². The standard InChI is InChI=1S/C18H16N2O6S/c1-11(21)25-17-15(22)16(26-18(17)20-9-4-10-27(20,23)24)13-7-8-19-14-6-3-2-5-12(13)14/h2-3,5-8,22H,4,9-10H2,1H3. The van der Waals surface area contributed by atoms with Gasteiger partial charge in [0.15, 0.2) is 5.76 Å². The SMILES string of the molecule is CC(=O)Oc1c(N2CCCS2(=O)=O)oc(-c2ccnc3ccccc23)c1O. The first-order valence-corrected chi connectivity index (χ1v) is 9.88. The van der Waals surface area contributed by atoms with Crippen LogP contribution in [0.3, 0.4) is 0 Å². The predicted molar refractivity (Wildman–Crippen MR) is 98.2 cm³/mol. The van der Waals surface area contributed by atoms with Crippen LogP contribution in [0.1, 0.15) is 13.3 Å². The van der Waals surface area contributed by atoms with Crippen molar-refractivity contribution in [3.63, 3.8) is 0 Å². The quantitative estimate of drug-likeness (QED) is 0.687. The van der Waals surface area contributed by atoms with E-state index in [4.69, 9.17) is 9.15 Å². The second kappa shape index (κ2) is 6.27. The Morgan fingerprint density at radius 1 is 1.30 bits per heavy atom. The van der Waals surface area contributed by atoms with Gasteiger partial charge in [0.25, 0.3) is 5.88 Å². The molecule has 1 N–H and O–H groups in total. The van der Waals surface area contributed by atoms with Gasteiger partial charge >= 0.3 is 5.97 Å². The van der Waals surface area contributed by atoms with Crippen LogP contribution >= 0.6 is 0 Å². The van der Waals surface area contributed by atoms with Crippen LogP contribution < -0.4 is 9.04 Å². The van der Waals surface area contributed by atoms with Gasteiger partial charge < -0.3 is 14.3 Å². The molecule has 0 saturated carbocycles. The van der Waals surface area contributed by atoms with Crippen molar-refractivity contribution in [1.82, 2.24) is 4.98 Å². The van der Waals surface area contributed by atoms with Gasteiger partial charge in [-0.15, -0.1) is 0 Å². The van der Waals surface area contributed by atoms with E-state index in [1.54, 1.807) is 24.4 Å². The van der Waals surface area contributed by atoms with Crippen LogP contribution in [0.15, 0.2) is 40.9 Å². The molecule has 3 heterocycles. The zero-order valence-electron chi connectivity index (χ0n) is 14.4. The van der Waals surface area contributed by atoms with E-state index in [0.717, 1.165) is 11.2 Å². The van der Waals surface area contributed by atoms with E-state index in [1.165, 1.54) is 0 Å². The molecule has 0 amide bonds. The smallest absolute Gasteiger partial charge is 0.308 e. The summed E-state index contributed by atoms with van der Waals surface area (Å²) in [5.41, 5.74) is 1.18. The number of fused-ring (bicyclic) bond motifs is 1. The van der Waals surface area contributed by atoms with Gasteiger partial charge in [-0.05, 0) is 18.6 Å². The molecule has 0 spiro atoms. The van der Waals surface area contributed by atoms with Gasteiger partial charge in [0, 0.05) is 30.6 Å². The lowest BCUT2D eigenvalue weighted by Gasteiger charge is -2.14. The van der Waals surface area contributed by atoms with Gasteiger partial charge in [0.1, 0.15) is 0 Å². The number of sulfonamides is 1. The molecule has 1 aliphatic heterocycles. The number of carbonyl (C=O) groups is 1. The maximum Gasteiger partial charge on any atom is 0.308 e. The van der Waals surface area contributed by atoms with E-state index < -0.39 is 21.7 Å². The summed E-state index contributed by atoms with van der Waals surface area (Å²) in [6.45, 7) is 1.34. The highest BCUT2D eigenvalue weighted by Crippen LogP contribution is 2.50. The summed E-state index contributed by atoms with van der Waals surface area (Å²) in [6, 6.07) is 8.88. The maximum absolute atomic E-state index is 12.3. The molecular formula is C18H16N2O6S. The molecule has 3 aromatic rings. The molecule has 1 aliphatic rings. The Kier molecular flexibility index (Phi) is 4.03. The van der Waals surface area contributed by atoms with Crippen molar-refractivity contribution >= 4 is 32.8 Å². The fraction of sp³-hybridized carbons (Fsp3) is 0.222. The van der Waals surface area contributed by atoms with Crippen molar-refractivity contribution in [3.8, 4) is 22.8 Å². The largest absolute Gasteiger partial charge is 0.502 e. The molecule has 1 fully saturated rings. The molecule has 0 unspecified atom stereocenters. The number of pyridine rings is 1. The van der Waals surface area contributed by atoms with Crippen molar-refractivity contribution in [2.75, 3.05) is 16.6 Å². The Hall–Kier alpha value is -3.07. The average molecular weight is 388 g/mol. The van der Waals surface area contributed by atoms with E-state index in [0.29, 0.717) is 22.9 Å². The number of furan rings is 1. The summed E-state index contributed by atoms with van der Waals surface area (Å²) in [5.74, 6) is -1.66. The minimum atomic E-state index is -3.60. The molecule has 2 aromatic heterocycles. The third-order valence-electron chi connectivity index (χ3n) is 4.29. The number of para-hydroxylation sites is 1. The minimum Gasteiger partial charge on any atom is -0.502 e. The number of nitrogens with zero attached hydrogens (tertiary/aromatic N) is 2. The summed E-state index contributed by atoms with van der Waals surface area (Å²) in [4.78, 5) is 15.8. The summed E-state index contributed by atoms with van der Waals surface area (Å²) >= 11 is 0. The first kappa shape index (κ1) is 17.3. The molecule has 9 heteroatoms. The predicted octanol–water partition coefficient (Wildman–Crippen LogP) is 2.67. The second-order valence-electron chi connectivity index (χ2n) is 6.13. The first-order valence-electron chi connectivity index (χ1n) is 8.27. The van der Waals surface area contributed by atoms with Crippen molar-refractivity contribution in [2.45, 2.75) is 13.3 Å². The highest BCUT2D eigenvalue weighted by atomic mass is 32.2. The summed E-state index contributed by atoms with van der Waals surface area (Å²) < 4.78 is 36.5. The molecule has 1 aromatic carbocycles. The van der Waals surface area contributed by atoms with Crippen LogP contribution in [0.2, 0.25) is 0 Å². The van der Waals surface area contributed by atoms with Crippen LogP contribution in [0.25, 0.3) is 22.2 Å². The topological polar surface area (TPSA) is 110 Å². The Morgan fingerprint density at radius 3 is 2.78 bits per heavy atom. The lowest BCUT2D eigenvalue weighted by Crippen LogP contribution is -2.25. The number of aromatic nitrogens is 1. The lowest BCUT2D eigenvalue weighted by atomic mass is 10.1. The normalized spacial score (nSPS) is 16.0. The molecule has 27 heavy (non-hydrogen) atoms. The van der Waals surface area contributed by atoms with E-state index in [1.807, 2.05) is 12.1 Å². The fourth-order valence-corrected chi connectivity index (χ4v) is 4.63. The minimum absolute atomic E-state index is 0.0157. The van der Waals surface area contributed by atoms with E-state index in [-0.39, 0.29) is 29.7 Å². The number of aromatic hydroxyl groups is 1. The fourth-order valence-electron chi connectivity index (χ4n) is 3.14. The van der Waals surface area contributed by atoms with Gasteiger partial charge in [-0.3, -0.25) is 9.78 Å². The van der Waals surface area contributed by atoms with Crippen molar-refractivity contribution in [3.05, 3.63) is 36.5 Å². The molecular weight excluding hydrogens is 372 g/mol. The molecule has 1 saturated heterocycles. The Balaban J connectivity index is 1.96. The molecule has 0 atom stereocenters. The second-order valence-corrected chi connectivity index (χ2v) is 8.14. The van der Waals surface area contributed by atoms with Crippen molar-refractivity contribution in [2.24, 2.45) is 0 Å². The highest BCUT2D eigenvalue weighted by molar-refractivity contribution is 7.93. The third kappa shape index (κ3) is 2.89. The number of ether oxygens (including phenoxy) is 1. The number of carbonyl (C=O) groups excluding carboxylic acids is 1. The van der Waals surface area contributed by atoms with Gasteiger partial charge in [-0.2, -0.15) is 0 Å². The summed E-state index contributed by atoms with van der Waals surface area (Å²) in [7, 11) is -3.60. The number of esters is 1. The van der Waals surface area contributed by atoms with Crippen LogP contribution in [-0.4, -0.2) is 36.8 Å². The number of benzene rings is 1. The molecule has 8 nitrogen and oxygen atoms in total. The number of rotatable bonds is 3. The molecule has 140 valence electrons. The zero-order chi connectivity index (χ0) is 19.2. The Labute approximate surface area is 155 Å². The Bertz CT molecular complexity index is 1150. The van der Waals surface area contributed by atoms with Crippen LogP contribution in [0.4, 0.5) is 5.88 Å². The van der Waals surface area contributed by atoms with Gasteiger partial charge in [-0.1, -0.05) is 18.2 Å². The highest BCUT2D eigenvalue weighted by Gasteiger charge is 2.37. The lowest BCUT2D eigenvalue weighted by molar-refractivity contribution is -0.132. The average Bonchev–Trinajstić information content (AvgIpc) is 3.13. The molecule has 0 aliphatic carbocycles. The van der Waals surface area contributed by atoms with Gasteiger partial charge in [0.05, 0.1) is 11.3 Å². The Morgan fingerprint density at radius 2 is 2.07 bits per heavy atom. The maximum atomic E-state index is 12.3.